The lowest BCUT2D eigenvalue weighted by molar-refractivity contribution is -0.0146. The van der Waals surface area contributed by atoms with Gasteiger partial charge in [0.15, 0.2) is 0 Å². The van der Waals surface area contributed by atoms with Crippen molar-refractivity contribution in [3.63, 3.8) is 0 Å². The molecule has 0 radical (unpaired) electrons. The summed E-state index contributed by atoms with van der Waals surface area (Å²) >= 11 is 0. The molecule has 0 bridgehead atoms. The summed E-state index contributed by atoms with van der Waals surface area (Å²) in [5, 5.41) is 9.51. The molecule has 0 aliphatic carbocycles. The fourth-order valence-electron chi connectivity index (χ4n) is 2.62. The quantitative estimate of drug-likeness (QED) is 0.747. The Morgan fingerprint density at radius 1 is 1.36 bits per heavy atom. The number of aliphatic hydroxyl groups is 1. The minimum Gasteiger partial charge on any atom is -0.396 e. The predicted molar refractivity (Wildman–Crippen MR) is 53.1 cm³/mol. The van der Waals surface area contributed by atoms with Crippen molar-refractivity contribution in [3.05, 3.63) is 0 Å². The molecule has 0 aromatic rings. The second-order valence-electron chi connectivity index (χ2n) is 4.62. The molecule has 0 aromatic heterocycles. The summed E-state index contributed by atoms with van der Waals surface area (Å²) < 4.78 is 11.2. The zero-order valence-corrected chi connectivity index (χ0v) is 8.87. The lowest BCUT2D eigenvalue weighted by atomic mass is 9.77. The van der Waals surface area contributed by atoms with E-state index in [1.165, 1.54) is 6.42 Å². The summed E-state index contributed by atoms with van der Waals surface area (Å²) in [4.78, 5) is 0. The summed E-state index contributed by atoms with van der Waals surface area (Å²) in [6, 6.07) is 0. The van der Waals surface area contributed by atoms with Crippen molar-refractivity contribution >= 4 is 0 Å². The monoisotopic (exact) mass is 200 g/mol. The fourth-order valence-corrected chi connectivity index (χ4v) is 2.62. The van der Waals surface area contributed by atoms with E-state index in [2.05, 4.69) is 6.92 Å². The number of ether oxygens (including phenoxy) is 2. The Labute approximate surface area is 85.4 Å². The first-order chi connectivity index (χ1) is 6.77. The first-order valence-electron chi connectivity index (χ1n) is 5.61. The zero-order chi connectivity index (χ0) is 10.0. The number of aliphatic hydroxyl groups excluding tert-OH is 1. The molecule has 3 unspecified atom stereocenters. The number of hydrogen-bond acceptors (Lipinski definition) is 3. The molecule has 3 atom stereocenters. The third-order valence-electron chi connectivity index (χ3n) is 3.80. The van der Waals surface area contributed by atoms with E-state index in [9.17, 15) is 5.11 Å². The summed E-state index contributed by atoms with van der Waals surface area (Å²) in [6.45, 7) is 3.97. The van der Waals surface area contributed by atoms with Gasteiger partial charge in [-0.1, -0.05) is 0 Å². The topological polar surface area (TPSA) is 38.7 Å². The van der Waals surface area contributed by atoms with Gasteiger partial charge >= 0.3 is 0 Å². The van der Waals surface area contributed by atoms with Gasteiger partial charge in [0, 0.05) is 18.6 Å². The van der Waals surface area contributed by atoms with Gasteiger partial charge in [0.1, 0.15) is 0 Å². The van der Waals surface area contributed by atoms with Crippen LogP contribution < -0.4 is 0 Å². The van der Waals surface area contributed by atoms with Gasteiger partial charge < -0.3 is 14.6 Å². The highest BCUT2D eigenvalue weighted by atomic mass is 16.5. The van der Waals surface area contributed by atoms with Crippen LogP contribution in [0.25, 0.3) is 0 Å². The van der Waals surface area contributed by atoms with Crippen LogP contribution in [0.2, 0.25) is 0 Å². The summed E-state index contributed by atoms with van der Waals surface area (Å²) in [7, 11) is 0. The highest BCUT2D eigenvalue weighted by Gasteiger charge is 2.43. The average molecular weight is 200 g/mol. The van der Waals surface area contributed by atoms with Crippen LogP contribution in [0.3, 0.4) is 0 Å². The molecule has 3 nitrogen and oxygen atoms in total. The smallest absolute Gasteiger partial charge is 0.0626 e. The molecular weight excluding hydrogens is 180 g/mol. The molecule has 0 amide bonds. The van der Waals surface area contributed by atoms with Gasteiger partial charge in [-0.15, -0.1) is 0 Å². The van der Waals surface area contributed by atoms with Crippen molar-refractivity contribution in [2.75, 3.05) is 19.8 Å². The molecule has 3 heteroatoms. The minimum atomic E-state index is -0.0327. The van der Waals surface area contributed by atoms with E-state index >= 15 is 0 Å². The van der Waals surface area contributed by atoms with Crippen LogP contribution in [0.1, 0.15) is 32.6 Å². The van der Waals surface area contributed by atoms with Gasteiger partial charge in [-0.05, 0) is 32.6 Å². The lowest BCUT2D eigenvalue weighted by Crippen LogP contribution is -2.36. The third-order valence-corrected chi connectivity index (χ3v) is 3.80. The normalized spacial score (nSPS) is 43.3. The van der Waals surface area contributed by atoms with Gasteiger partial charge in [-0.2, -0.15) is 0 Å². The molecule has 2 heterocycles. The predicted octanol–water partition coefficient (Wildman–Crippen LogP) is 1.34. The Morgan fingerprint density at radius 3 is 2.71 bits per heavy atom. The van der Waals surface area contributed by atoms with Gasteiger partial charge in [0.25, 0.3) is 0 Å². The minimum absolute atomic E-state index is 0.0327. The van der Waals surface area contributed by atoms with Crippen LogP contribution in [0.5, 0.6) is 0 Å². The third kappa shape index (κ3) is 1.81. The molecule has 1 N–H and O–H groups in total. The van der Waals surface area contributed by atoms with E-state index in [1.54, 1.807) is 0 Å². The van der Waals surface area contributed by atoms with Gasteiger partial charge in [0.2, 0.25) is 0 Å². The standard InChI is InChI=1S/C11H20O3/c1-9-11(8-12,4-6-13-9)7-10-3-2-5-14-10/h9-10,12H,2-8H2,1H3. The fraction of sp³-hybridized carbons (Fsp3) is 1.00. The summed E-state index contributed by atoms with van der Waals surface area (Å²) in [6.07, 6.45) is 4.79. The van der Waals surface area contributed by atoms with Crippen LogP contribution in [-0.4, -0.2) is 37.1 Å². The SMILES string of the molecule is CC1OCCC1(CO)CC1CCCO1. The van der Waals surface area contributed by atoms with Crippen molar-refractivity contribution in [2.24, 2.45) is 5.41 Å². The molecule has 2 saturated heterocycles. The van der Waals surface area contributed by atoms with E-state index in [1.807, 2.05) is 0 Å². The van der Waals surface area contributed by atoms with Crippen LogP contribution in [0.4, 0.5) is 0 Å². The molecule has 0 spiro atoms. The molecule has 82 valence electrons. The maximum absolute atomic E-state index is 9.51. The van der Waals surface area contributed by atoms with E-state index in [4.69, 9.17) is 9.47 Å². The molecule has 0 aromatic carbocycles. The van der Waals surface area contributed by atoms with E-state index in [0.29, 0.717) is 6.10 Å². The number of rotatable bonds is 3. The van der Waals surface area contributed by atoms with E-state index in [-0.39, 0.29) is 18.1 Å². The maximum Gasteiger partial charge on any atom is 0.0626 e. The van der Waals surface area contributed by atoms with Gasteiger partial charge in [-0.3, -0.25) is 0 Å². The first-order valence-corrected chi connectivity index (χ1v) is 5.61. The molecule has 2 fully saturated rings. The molecule has 2 rings (SSSR count). The maximum atomic E-state index is 9.51. The van der Waals surface area contributed by atoms with Crippen molar-refractivity contribution in [1.82, 2.24) is 0 Å². The second-order valence-corrected chi connectivity index (χ2v) is 4.62. The molecular formula is C11H20O3. The first kappa shape index (κ1) is 10.4. The van der Waals surface area contributed by atoms with Gasteiger partial charge in [0.05, 0.1) is 18.8 Å². The van der Waals surface area contributed by atoms with Crippen molar-refractivity contribution in [1.29, 1.82) is 0 Å². The Morgan fingerprint density at radius 2 is 2.21 bits per heavy atom. The Hall–Kier alpha value is -0.120. The largest absolute Gasteiger partial charge is 0.396 e. The van der Waals surface area contributed by atoms with Gasteiger partial charge in [-0.25, -0.2) is 0 Å². The highest BCUT2D eigenvalue weighted by Crippen LogP contribution is 2.40. The molecule has 2 aliphatic heterocycles. The molecule has 2 aliphatic rings. The van der Waals surface area contributed by atoms with Crippen molar-refractivity contribution in [3.8, 4) is 0 Å². The van der Waals surface area contributed by atoms with Crippen molar-refractivity contribution < 1.29 is 14.6 Å². The lowest BCUT2D eigenvalue weighted by Gasteiger charge is -2.32. The Kier molecular flexibility index (Phi) is 3.10. The van der Waals surface area contributed by atoms with Crippen LogP contribution in [-0.2, 0) is 9.47 Å². The number of hydrogen-bond donors (Lipinski definition) is 1. The van der Waals surface area contributed by atoms with Crippen LogP contribution in [0, 0.1) is 5.41 Å². The average Bonchev–Trinajstić information content (AvgIpc) is 2.79. The summed E-state index contributed by atoms with van der Waals surface area (Å²) in [5.74, 6) is 0. The highest BCUT2D eigenvalue weighted by molar-refractivity contribution is 4.91. The van der Waals surface area contributed by atoms with E-state index in [0.717, 1.165) is 32.5 Å². The summed E-state index contributed by atoms with van der Waals surface area (Å²) in [5.41, 5.74) is -0.0327. The second kappa shape index (κ2) is 4.17. The van der Waals surface area contributed by atoms with Crippen molar-refractivity contribution in [2.45, 2.75) is 44.8 Å². The van der Waals surface area contributed by atoms with Crippen LogP contribution >= 0.6 is 0 Å². The van der Waals surface area contributed by atoms with E-state index < -0.39 is 0 Å². The molecule has 0 saturated carbocycles. The Balaban J connectivity index is 1.97. The van der Waals surface area contributed by atoms with Crippen LogP contribution in [0.15, 0.2) is 0 Å². The Bertz CT molecular complexity index is 189. The molecule has 14 heavy (non-hydrogen) atoms. The zero-order valence-electron chi connectivity index (χ0n) is 8.87.